The number of aryl methyl sites for hydroxylation is 2. The van der Waals surface area contributed by atoms with Crippen molar-refractivity contribution < 1.29 is 13.2 Å². The Morgan fingerprint density at radius 3 is 1.86 bits per heavy atom. The van der Waals surface area contributed by atoms with Crippen LogP contribution >= 0.6 is 0 Å². The zero-order chi connectivity index (χ0) is 19.6. The molecule has 3 aromatic rings. The van der Waals surface area contributed by atoms with Crippen LogP contribution in [0.4, 0.5) is 11.4 Å². The van der Waals surface area contributed by atoms with Crippen molar-refractivity contribution in [2.75, 3.05) is 11.4 Å². The van der Waals surface area contributed by atoms with Gasteiger partial charge in [-0.1, -0.05) is 54.6 Å². The van der Waals surface area contributed by atoms with E-state index in [2.05, 4.69) is 4.72 Å². The Kier molecular flexibility index (Phi) is 4.88. The highest BCUT2D eigenvalue weighted by Gasteiger charge is 2.24. The Labute approximate surface area is 164 Å². The molecule has 0 aromatic heterocycles. The molecule has 3 aromatic carbocycles. The number of carbonyl (C=O) groups is 1. The second-order valence-electron chi connectivity index (χ2n) is 6.69. The first kappa shape index (κ1) is 18.3. The first-order chi connectivity index (χ1) is 13.5. The molecule has 0 fully saturated rings. The molecule has 1 aliphatic rings. The maximum Gasteiger partial charge on any atom is 0.264 e. The molecule has 0 saturated heterocycles. The Morgan fingerprint density at radius 1 is 0.786 bits per heavy atom. The van der Waals surface area contributed by atoms with E-state index in [9.17, 15) is 13.2 Å². The second-order valence-corrected chi connectivity index (χ2v) is 8.37. The number of para-hydroxylation sites is 2. The monoisotopic (exact) mass is 392 g/mol. The number of sulfonamides is 1. The minimum atomic E-state index is -3.90. The van der Waals surface area contributed by atoms with Crippen LogP contribution < -0.4 is 9.62 Å². The summed E-state index contributed by atoms with van der Waals surface area (Å²) in [6.07, 6.45) is 1.74. The molecule has 1 N–H and O–H groups in total. The van der Waals surface area contributed by atoms with Gasteiger partial charge < -0.3 is 4.90 Å². The van der Waals surface area contributed by atoms with Crippen LogP contribution in [0.2, 0.25) is 0 Å². The van der Waals surface area contributed by atoms with Gasteiger partial charge >= 0.3 is 0 Å². The summed E-state index contributed by atoms with van der Waals surface area (Å²) >= 11 is 0. The summed E-state index contributed by atoms with van der Waals surface area (Å²) in [5.74, 6) is -0.574. The SMILES string of the molecule is O=C(CN1c2ccccc2CCc2ccccc21)NS(=O)(=O)c1ccccc1. The van der Waals surface area contributed by atoms with Crippen molar-refractivity contribution >= 4 is 27.3 Å². The van der Waals surface area contributed by atoms with Gasteiger partial charge in [-0.05, 0) is 48.2 Å². The molecule has 1 aliphatic heterocycles. The molecule has 4 rings (SSSR count). The smallest absolute Gasteiger partial charge is 0.264 e. The van der Waals surface area contributed by atoms with Crippen LogP contribution in [-0.4, -0.2) is 20.9 Å². The lowest BCUT2D eigenvalue weighted by Gasteiger charge is -2.26. The van der Waals surface area contributed by atoms with Gasteiger partial charge in [-0.2, -0.15) is 0 Å². The topological polar surface area (TPSA) is 66.5 Å². The van der Waals surface area contributed by atoms with E-state index in [1.807, 2.05) is 53.4 Å². The Hall–Kier alpha value is -3.12. The highest BCUT2D eigenvalue weighted by atomic mass is 32.2. The lowest BCUT2D eigenvalue weighted by atomic mass is 10.0. The molecule has 1 heterocycles. The number of hydrogen-bond donors (Lipinski definition) is 1. The normalized spacial score (nSPS) is 13.2. The summed E-state index contributed by atoms with van der Waals surface area (Å²) in [4.78, 5) is 14.7. The second kappa shape index (κ2) is 7.48. The molecule has 0 unspecified atom stereocenters. The molecule has 28 heavy (non-hydrogen) atoms. The number of fused-ring (bicyclic) bond motifs is 2. The molecule has 0 atom stereocenters. The van der Waals surface area contributed by atoms with Gasteiger partial charge in [-0.3, -0.25) is 4.79 Å². The van der Waals surface area contributed by atoms with Crippen molar-refractivity contribution in [2.24, 2.45) is 0 Å². The summed E-state index contributed by atoms with van der Waals surface area (Å²) < 4.78 is 27.2. The van der Waals surface area contributed by atoms with Gasteiger partial charge in [-0.25, -0.2) is 13.1 Å². The fourth-order valence-corrected chi connectivity index (χ4v) is 4.52. The summed E-state index contributed by atoms with van der Waals surface area (Å²) in [5.41, 5.74) is 4.13. The standard InChI is InChI=1S/C22H20N2O3S/c25-22(23-28(26,27)19-10-2-1-3-11-19)16-24-20-12-6-4-8-17(20)14-15-18-9-5-7-13-21(18)24/h1-13H,14-16H2,(H,23,25). The Morgan fingerprint density at radius 2 is 1.29 bits per heavy atom. The highest BCUT2D eigenvalue weighted by Crippen LogP contribution is 2.35. The van der Waals surface area contributed by atoms with E-state index in [0.717, 1.165) is 35.3 Å². The summed E-state index contributed by atoms with van der Waals surface area (Å²) in [5, 5.41) is 0. The van der Waals surface area contributed by atoms with Gasteiger partial charge in [0.15, 0.2) is 0 Å². The number of nitrogens with one attached hydrogen (secondary N) is 1. The predicted molar refractivity (Wildman–Crippen MR) is 109 cm³/mol. The van der Waals surface area contributed by atoms with E-state index in [-0.39, 0.29) is 11.4 Å². The van der Waals surface area contributed by atoms with Crippen molar-refractivity contribution in [1.82, 2.24) is 4.72 Å². The molecule has 142 valence electrons. The molecule has 0 spiro atoms. The number of carbonyl (C=O) groups excluding carboxylic acids is 1. The lowest BCUT2D eigenvalue weighted by molar-refractivity contribution is -0.117. The fraction of sp³-hybridized carbons (Fsp3) is 0.136. The van der Waals surface area contributed by atoms with Crippen LogP contribution in [0.25, 0.3) is 0 Å². The quantitative estimate of drug-likeness (QED) is 0.739. The summed E-state index contributed by atoms with van der Waals surface area (Å²) in [7, 11) is -3.90. The number of hydrogen-bond acceptors (Lipinski definition) is 4. The third-order valence-electron chi connectivity index (χ3n) is 4.83. The average molecular weight is 392 g/mol. The lowest BCUT2D eigenvalue weighted by Crippen LogP contribution is -2.38. The van der Waals surface area contributed by atoms with Crippen LogP contribution in [0.3, 0.4) is 0 Å². The van der Waals surface area contributed by atoms with E-state index in [0.29, 0.717) is 0 Å². The van der Waals surface area contributed by atoms with Crippen LogP contribution in [-0.2, 0) is 27.7 Å². The third kappa shape index (κ3) is 3.64. The molecular formula is C22H20N2O3S. The maximum atomic E-state index is 12.7. The van der Waals surface area contributed by atoms with E-state index >= 15 is 0 Å². The Bertz CT molecular complexity index is 1060. The summed E-state index contributed by atoms with van der Waals surface area (Å²) in [6, 6.07) is 23.8. The molecule has 6 heteroatoms. The van der Waals surface area contributed by atoms with Gasteiger partial charge in [0.25, 0.3) is 15.9 Å². The van der Waals surface area contributed by atoms with Gasteiger partial charge in [0.1, 0.15) is 6.54 Å². The van der Waals surface area contributed by atoms with Gasteiger partial charge in [0.2, 0.25) is 0 Å². The van der Waals surface area contributed by atoms with Crippen molar-refractivity contribution in [1.29, 1.82) is 0 Å². The predicted octanol–water partition coefficient (Wildman–Crippen LogP) is 3.43. The molecule has 1 amide bonds. The number of benzene rings is 3. The van der Waals surface area contributed by atoms with Gasteiger partial charge in [-0.15, -0.1) is 0 Å². The third-order valence-corrected chi connectivity index (χ3v) is 6.22. The van der Waals surface area contributed by atoms with E-state index in [1.165, 1.54) is 12.1 Å². The number of nitrogens with zero attached hydrogens (tertiary/aromatic N) is 1. The van der Waals surface area contributed by atoms with Crippen LogP contribution in [0, 0.1) is 0 Å². The Balaban J connectivity index is 1.65. The molecule has 5 nitrogen and oxygen atoms in total. The van der Waals surface area contributed by atoms with Crippen LogP contribution in [0.15, 0.2) is 83.8 Å². The van der Waals surface area contributed by atoms with Crippen molar-refractivity contribution in [3.05, 3.63) is 90.0 Å². The van der Waals surface area contributed by atoms with Gasteiger partial charge in [0.05, 0.1) is 4.90 Å². The minimum Gasteiger partial charge on any atom is -0.332 e. The highest BCUT2D eigenvalue weighted by molar-refractivity contribution is 7.90. The first-order valence-electron chi connectivity index (χ1n) is 9.09. The van der Waals surface area contributed by atoms with E-state index in [4.69, 9.17) is 0 Å². The van der Waals surface area contributed by atoms with E-state index < -0.39 is 15.9 Å². The van der Waals surface area contributed by atoms with Crippen LogP contribution in [0.5, 0.6) is 0 Å². The molecule has 0 bridgehead atoms. The van der Waals surface area contributed by atoms with Crippen molar-refractivity contribution in [3.8, 4) is 0 Å². The first-order valence-corrected chi connectivity index (χ1v) is 10.6. The fourth-order valence-electron chi connectivity index (χ4n) is 3.52. The van der Waals surface area contributed by atoms with Gasteiger partial charge in [0, 0.05) is 11.4 Å². The zero-order valence-corrected chi connectivity index (χ0v) is 16.0. The van der Waals surface area contributed by atoms with Crippen molar-refractivity contribution in [2.45, 2.75) is 17.7 Å². The van der Waals surface area contributed by atoms with Crippen molar-refractivity contribution in [3.63, 3.8) is 0 Å². The zero-order valence-electron chi connectivity index (χ0n) is 15.2. The number of rotatable bonds is 4. The van der Waals surface area contributed by atoms with Crippen LogP contribution in [0.1, 0.15) is 11.1 Å². The number of anilines is 2. The molecular weight excluding hydrogens is 372 g/mol. The molecule has 0 radical (unpaired) electrons. The average Bonchev–Trinajstić information content (AvgIpc) is 2.86. The molecule has 0 aliphatic carbocycles. The largest absolute Gasteiger partial charge is 0.332 e. The number of amides is 1. The molecule has 0 saturated carbocycles. The summed E-state index contributed by atoms with van der Waals surface area (Å²) in [6.45, 7) is -0.0832. The minimum absolute atomic E-state index is 0.0695. The maximum absolute atomic E-state index is 12.7. The van der Waals surface area contributed by atoms with E-state index in [1.54, 1.807) is 18.2 Å².